The molecule has 3 nitrogen and oxygen atoms in total. The minimum absolute atomic E-state index is 0.934. The Labute approximate surface area is 70.2 Å². The van der Waals surface area contributed by atoms with Crippen LogP contribution >= 0.6 is 11.8 Å². The largest absolute Gasteiger partial charge is 0.325 e. The third kappa shape index (κ3) is 0.973. The van der Waals surface area contributed by atoms with Crippen molar-refractivity contribution in [2.75, 3.05) is 6.26 Å². The molecule has 0 amide bonds. The topological polar surface area (TPSA) is 29.9 Å². The molecule has 1 aromatic heterocycles. The van der Waals surface area contributed by atoms with E-state index >= 15 is 0 Å². The highest BCUT2D eigenvalue weighted by Gasteiger charge is 2.17. The Kier molecular flexibility index (Phi) is 1.65. The summed E-state index contributed by atoms with van der Waals surface area (Å²) >= 11 is 1.70. The first kappa shape index (κ1) is 7.18. The molecule has 0 bridgehead atoms. The highest BCUT2D eigenvalue weighted by molar-refractivity contribution is 7.98. The molecule has 0 aliphatic carbocycles. The lowest BCUT2D eigenvalue weighted by molar-refractivity contribution is 0.672. The maximum atomic E-state index is 4.47. The molecule has 0 aromatic carbocycles. The number of hydrogen-bond donors (Lipinski definition) is 1. The molecule has 1 aliphatic rings. The molecular weight excluding hydrogens is 158 g/mol. The van der Waals surface area contributed by atoms with E-state index in [1.165, 1.54) is 11.4 Å². The summed E-state index contributed by atoms with van der Waals surface area (Å²) in [4.78, 5) is 4.47. The van der Waals surface area contributed by atoms with Crippen LogP contribution in [0.3, 0.4) is 0 Å². The van der Waals surface area contributed by atoms with Gasteiger partial charge in [-0.25, -0.2) is 4.98 Å². The second kappa shape index (κ2) is 2.53. The molecule has 0 saturated heterocycles. The van der Waals surface area contributed by atoms with Gasteiger partial charge in [-0.3, -0.25) is 0 Å². The summed E-state index contributed by atoms with van der Waals surface area (Å²) in [5.41, 5.74) is 2.56. The summed E-state index contributed by atoms with van der Waals surface area (Å²) in [5, 5.41) is 4.39. The quantitative estimate of drug-likeness (QED) is 0.629. The molecule has 11 heavy (non-hydrogen) atoms. The first-order chi connectivity index (χ1) is 5.33. The fourth-order valence-corrected chi connectivity index (χ4v) is 1.99. The van der Waals surface area contributed by atoms with E-state index in [9.17, 15) is 0 Å². The molecule has 0 fully saturated rings. The molecule has 0 unspecified atom stereocenters. The Balaban J connectivity index is 2.49. The standard InChI is InChI=1S/C7H11N3S/c1-10-6-4-8-3-5(6)9-7(10)11-2/h8H,3-4H2,1-2H3. The van der Waals surface area contributed by atoms with Crippen LogP contribution in [0.15, 0.2) is 5.16 Å². The summed E-state index contributed by atoms with van der Waals surface area (Å²) in [7, 11) is 2.07. The van der Waals surface area contributed by atoms with Crippen molar-refractivity contribution in [3.8, 4) is 0 Å². The number of nitrogens with zero attached hydrogens (tertiary/aromatic N) is 2. The minimum atomic E-state index is 0.934. The molecule has 1 N–H and O–H groups in total. The van der Waals surface area contributed by atoms with E-state index in [0.29, 0.717) is 0 Å². The molecule has 0 radical (unpaired) electrons. The number of aromatic nitrogens is 2. The zero-order valence-corrected chi connectivity index (χ0v) is 7.53. The zero-order valence-electron chi connectivity index (χ0n) is 6.72. The highest BCUT2D eigenvalue weighted by Crippen LogP contribution is 2.20. The lowest BCUT2D eigenvalue weighted by Gasteiger charge is -1.99. The Morgan fingerprint density at radius 2 is 2.36 bits per heavy atom. The number of imidazole rings is 1. The first-order valence-corrected chi connectivity index (χ1v) is 4.84. The van der Waals surface area contributed by atoms with Crippen LogP contribution in [0.4, 0.5) is 0 Å². The normalized spacial score (nSPS) is 15.5. The molecule has 4 heteroatoms. The average molecular weight is 169 g/mol. The molecule has 60 valence electrons. The van der Waals surface area contributed by atoms with E-state index in [1.807, 2.05) is 0 Å². The molecular formula is C7H11N3S. The van der Waals surface area contributed by atoms with Gasteiger partial charge in [0.2, 0.25) is 0 Å². The minimum Gasteiger partial charge on any atom is -0.325 e. The van der Waals surface area contributed by atoms with Crippen LogP contribution in [0.5, 0.6) is 0 Å². The van der Waals surface area contributed by atoms with E-state index in [1.54, 1.807) is 11.8 Å². The zero-order chi connectivity index (χ0) is 7.84. The van der Waals surface area contributed by atoms with E-state index in [0.717, 1.165) is 18.2 Å². The van der Waals surface area contributed by atoms with Crippen LogP contribution in [0, 0.1) is 0 Å². The molecule has 1 aromatic rings. The van der Waals surface area contributed by atoms with Crippen molar-refractivity contribution in [3.63, 3.8) is 0 Å². The van der Waals surface area contributed by atoms with Crippen molar-refractivity contribution >= 4 is 11.8 Å². The highest BCUT2D eigenvalue weighted by atomic mass is 32.2. The monoisotopic (exact) mass is 169 g/mol. The van der Waals surface area contributed by atoms with E-state index in [4.69, 9.17) is 0 Å². The van der Waals surface area contributed by atoms with E-state index < -0.39 is 0 Å². The summed E-state index contributed by atoms with van der Waals surface area (Å²) < 4.78 is 2.17. The third-order valence-corrected chi connectivity index (χ3v) is 2.75. The number of nitrogens with one attached hydrogen (secondary N) is 1. The van der Waals surface area contributed by atoms with Gasteiger partial charge in [0, 0.05) is 20.1 Å². The van der Waals surface area contributed by atoms with Gasteiger partial charge in [0.15, 0.2) is 5.16 Å². The smallest absolute Gasteiger partial charge is 0.167 e. The molecule has 0 atom stereocenters. The Morgan fingerprint density at radius 1 is 1.55 bits per heavy atom. The van der Waals surface area contributed by atoms with Gasteiger partial charge in [-0.2, -0.15) is 0 Å². The first-order valence-electron chi connectivity index (χ1n) is 3.62. The summed E-state index contributed by atoms with van der Waals surface area (Å²) in [6.07, 6.45) is 2.06. The van der Waals surface area contributed by atoms with Crippen LogP contribution in [-0.2, 0) is 20.1 Å². The van der Waals surface area contributed by atoms with Gasteiger partial charge < -0.3 is 9.88 Å². The van der Waals surface area contributed by atoms with Crippen LogP contribution in [0.25, 0.3) is 0 Å². The van der Waals surface area contributed by atoms with Crippen LogP contribution in [0.1, 0.15) is 11.4 Å². The van der Waals surface area contributed by atoms with Crippen LogP contribution < -0.4 is 5.32 Å². The van der Waals surface area contributed by atoms with Gasteiger partial charge in [0.05, 0.1) is 11.4 Å². The Hall–Kier alpha value is -0.480. The van der Waals surface area contributed by atoms with Crippen molar-refractivity contribution in [1.82, 2.24) is 14.9 Å². The number of thioether (sulfide) groups is 1. The third-order valence-electron chi connectivity index (χ3n) is 2.02. The van der Waals surface area contributed by atoms with Crippen molar-refractivity contribution in [3.05, 3.63) is 11.4 Å². The van der Waals surface area contributed by atoms with Gasteiger partial charge in [-0.1, -0.05) is 11.8 Å². The van der Waals surface area contributed by atoms with Gasteiger partial charge in [0.25, 0.3) is 0 Å². The molecule has 1 aliphatic heterocycles. The second-order valence-electron chi connectivity index (χ2n) is 2.65. The van der Waals surface area contributed by atoms with Crippen molar-refractivity contribution in [2.45, 2.75) is 18.2 Å². The maximum Gasteiger partial charge on any atom is 0.167 e. The predicted octanol–water partition coefficient (Wildman–Crippen LogP) is 0.745. The molecule has 0 saturated carbocycles. The second-order valence-corrected chi connectivity index (χ2v) is 3.43. The molecule has 2 heterocycles. The fourth-order valence-electron chi connectivity index (χ4n) is 1.41. The molecule has 2 rings (SSSR count). The Morgan fingerprint density at radius 3 is 3.00 bits per heavy atom. The summed E-state index contributed by atoms with van der Waals surface area (Å²) in [5.74, 6) is 0. The van der Waals surface area contributed by atoms with Crippen molar-refractivity contribution in [1.29, 1.82) is 0 Å². The summed E-state index contributed by atoms with van der Waals surface area (Å²) in [6, 6.07) is 0. The SMILES string of the molecule is CSc1nc2c(n1C)CNC2. The van der Waals surface area contributed by atoms with Gasteiger partial charge in [-0.05, 0) is 6.26 Å². The number of hydrogen-bond acceptors (Lipinski definition) is 3. The Bertz CT molecular complexity index is 279. The molecule has 0 spiro atoms. The number of rotatable bonds is 1. The maximum absolute atomic E-state index is 4.47. The number of fused-ring (bicyclic) bond motifs is 1. The van der Waals surface area contributed by atoms with Gasteiger partial charge in [-0.15, -0.1) is 0 Å². The summed E-state index contributed by atoms with van der Waals surface area (Å²) in [6.45, 7) is 1.91. The average Bonchev–Trinajstić information content (AvgIpc) is 2.53. The lowest BCUT2D eigenvalue weighted by Crippen LogP contribution is -2.05. The fraction of sp³-hybridized carbons (Fsp3) is 0.571. The van der Waals surface area contributed by atoms with Gasteiger partial charge in [0.1, 0.15) is 0 Å². The van der Waals surface area contributed by atoms with Crippen molar-refractivity contribution < 1.29 is 0 Å². The van der Waals surface area contributed by atoms with Crippen molar-refractivity contribution in [2.24, 2.45) is 7.05 Å². The predicted molar refractivity (Wildman–Crippen MR) is 45.5 cm³/mol. The van der Waals surface area contributed by atoms with Crippen LogP contribution in [0.2, 0.25) is 0 Å². The van der Waals surface area contributed by atoms with E-state index in [2.05, 4.69) is 28.2 Å². The van der Waals surface area contributed by atoms with Gasteiger partial charge >= 0.3 is 0 Å². The lowest BCUT2D eigenvalue weighted by atomic mass is 10.4. The van der Waals surface area contributed by atoms with Crippen LogP contribution in [-0.4, -0.2) is 15.8 Å². The van der Waals surface area contributed by atoms with E-state index in [-0.39, 0.29) is 0 Å².